The van der Waals surface area contributed by atoms with Crippen molar-refractivity contribution in [3.8, 4) is 0 Å². The number of H-pyrrole nitrogens is 1. The molecule has 0 saturated carbocycles. The Labute approximate surface area is 91.2 Å². The van der Waals surface area contributed by atoms with Gasteiger partial charge in [-0.3, -0.25) is 9.89 Å². The summed E-state index contributed by atoms with van der Waals surface area (Å²) in [6.45, 7) is 2.18. The number of nitrogens with zero attached hydrogens (tertiary/aromatic N) is 3. The standard InChI is InChI=1S/C9H11N5O2/c1-6-7(4-13-16-6)9(15)10-3-2-8-11-5-12-14-8/h4-5H,2-3H2,1H3,(H,10,15)(H,11,12,14). The zero-order valence-electron chi connectivity index (χ0n) is 8.73. The van der Waals surface area contributed by atoms with Crippen LogP contribution in [0.2, 0.25) is 0 Å². The Kier molecular flexibility index (Phi) is 2.95. The zero-order chi connectivity index (χ0) is 11.4. The zero-order valence-corrected chi connectivity index (χ0v) is 8.73. The normalized spacial score (nSPS) is 10.3. The van der Waals surface area contributed by atoms with Gasteiger partial charge in [0, 0.05) is 13.0 Å². The summed E-state index contributed by atoms with van der Waals surface area (Å²) in [5.41, 5.74) is 0.456. The molecule has 2 heterocycles. The number of aromatic nitrogens is 4. The van der Waals surface area contributed by atoms with Crippen molar-refractivity contribution >= 4 is 5.91 Å². The summed E-state index contributed by atoms with van der Waals surface area (Å²) < 4.78 is 4.80. The highest BCUT2D eigenvalue weighted by atomic mass is 16.5. The molecule has 2 N–H and O–H groups in total. The van der Waals surface area contributed by atoms with Gasteiger partial charge in [0.15, 0.2) is 0 Å². The molecule has 84 valence electrons. The third kappa shape index (κ3) is 2.25. The number of nitrogens with one attached hydrogen (secondary N) is 2. The SMILES string of the molecule is Cc1oncc1C(=O)NCCc1ncn[nH]1. The molecule has 7 nitrogen and oxygen atoms in total. The number of aromatic amines is 1. The molecule has 1 amide bonds. The molecule has 7 heteroatoms. The predicted molar refractivity (Wildman–Crippen MR) is 53.7 cm³/mol. The smallest absolute Gasteiger partial charge is 0.256 e. The van der Waals surface area contributed by atoms with E-state index >= 15 is 0 Å². The van der Waals surface area contributed by atoms with Crippen molar-refractivity contribution in [2.45, 2.75) is 13.3 Å². The summed E-state index contributed by atoms with van der Waals surface area (Å²) in [6, 6.07) is 0. The van der Waals surface area contributed by atoms with Crippen LogP contribution in [-0.2, 0) is 6.42 Å². The second-order valence-corrected chi connectivity index (χ2v) is 3.23. The van der Waals surface area contributed by atoms with Gasteiger partial charge in [-0.15, -0.1) is 0 Å². The molecular weight excluding hydrogens is 210 g/mol. The first-order valence-electron chi connectivity index (χ1n) is 4.81. The van der Waals surface area contributed by atoms with Gasteiger partial charge in [0.25, 0.3) is 5.91 Å². The Balaban J connectivity index is 1.83. The molecule has 0 aliphatic rings. The summed E-state index contributed by atoms with van der Waals surface area (Å²) >= 11 is 0. The largest absolute Gasteiger partial charge is 0.361 e. The van der Waals surface area contributed by atoms with E-state index in [9.17, 15) is 4.79 Å². The van der Waals surface area contributed by atoms with E-state index < -0.39 is 0 Å². The fraction of sp³-hybridized carbons (Fsp3) is 0.333. The third-order valence-corrected chi connectivity index (χ3v) is 2.11. The van der Waals surface area contributed by atoms with Crippen LogP contribution in [0.1, 0.15) is 21.9 Å². The highest BCUT2D eigenvalue weighted by Crippen LogP contribution is 2.04. The number of hydrogen-bond acceptors (Lipinski definition) is 5. The van der Waals surface area contributed by atoms with Crippen molar-refractivity contribution < 1.29 is 9.32 Å². The van der Waals surface area contributed by atoms with Crippen LogP contribution in [0.5, 0.6) is 0 Å². The maximum Gasteiger partial charge on any atom is 0.256 e. The predicted octanol–water partition coefficient (Wildman–Crippen LogP) is 0.0736. The van der Waals surface area contributed by atoms with Gasteiger partial charge in [-0.2, -0.15) is 5.10 Å². The molecule has 16 heavy (non-hydrogen) atoms. The Morgan fingerprint density at radius 3 is 3.12 bits per heavy atom. The number of carbonyl (C=O) groups is 1. The molecule has 2 aromatic heterocycles. The molecule has 0 atom stereocenters. The lowest BCUT2D eigenvalue weighted by atomic mass is 10.2. The summed E-state index contributed by atoms with van der Waals surface area (Å²) in [5.74, 6) is 1.05. The molecule has 2 rings (SSSR count). The van der Waals surface area contributed by atoms with Gasteiger partial charge in [0.05, 0.1) is 6.20 Å². The maximum atomic E-state index is 11.6. The number of amides is 1. The lowest BCUT2D eigenvalue weighted by Crippen LogP contribution is -2.26. The van der Waals surface area contributed by atoms with Crippen molar-refractivity contribution in [1.82, 2.24) is 25.7 Å². The number of hydrogen-bond donors (Lipinski definition) is 2. The first-order chi connectivity index (χ1) is 7.77. The lowest BCUT2D eigenvalue weighted by molar-refractivity contribution is 0.0952. The van der Waals surface area contributed by atoms with Gasteiger partial charge in [-0.25, -0.2) is 4.98 Å². The van der Waals surface area contributed by atoms with Crippen LogP contribution in [-0.4, -0.2) is 32.8 Å². The van der Waals surface area contributed by atoms with Crippen LogP contribution < -0.4 is 5.32 Å². The fourth-order valence-corrected chi connectivity index (χ4v) is 1.26. The fourth-order valence-electron chi connectivity index (χ4n) is 1.26. The first kappa shape index (κ1) is 10.3. The average Bonchev–Trinajstić information content (AvgIpc) is 2.88. The highest BCUT2D eigenvalue weighted by Gasteiger charge is 2.11. The average molecular weight is 221 g/mol. The molecular formula is C9H11N5O2. The Morgan fingerprint density at radius 1 is 1.62 bits per heavy atom. The van der Waals surface area contributed by atoms with E-state index in [-0.39, 0.29) is 5.91 Å². The molecule has 0 radical (unpaired) electrons. The minimum absolute atomic E-state index is 0.196. The van der Waals surface area contributed by atoms with Gasteiger partial charge < -0.3 is 9.84 Å². The lowest BCUT2D eigenvalue weighted by Gasteiger charge is -2.01. The van der Waals surface area contributed by atoms with Crippen molar-refractivity contribution in [3.63, 3.8) is 0 Å². The van der Waals surface area contributed by atoms with Crippen LogP contribution in [0.15, 0.2) is 17.0 Å². The van der Waals surface area contributed by atoms with E-state index in [2.05, 4.69) is 25.7 Å². The quantitative estimate of drug-likeness (QED) is 0.761. The van der Waals surface area contributed by atoms with Crippen LogP contribution in [0.25, 0.3) is 0 Å². The van der Waals surface area contributed by atoms with Crippen LogP contribution >= 0.6 is 0 Å². The Bertz CT molecular complexity index is 462. The molecule has 0 bridgehead atoms. The van der Waals surface area contributed by atoms with Crippen molar-refractivity contribution in [2.75, 3.05) is 6.54 Å². The Hall–Kier alpha value is -2.18. The van der Waals surface area contributed by atoms with Gasteiger partial charge in [-0.05, 0) is 6.92 Å². The van der Waals surface area contributed by atoms with Crippen molar-refractivity contribution in [2.24, 2.45) is 0 Å². The van der Waals surface area contributed by atoms with Crippen LogP contribution in [0, 0.1) is 6.92 Å². The topological polar surface area (TPSA) is 96.7 Å². The third-order valence-electron chi connectivity index (χ3n) is 2.11. The number of aryl methyl sites for hydroxylation is 1. The van der Waals surface area contributed by atoms with Crippen LogP contribution in [0.3, 0.4) is 0 Å². The summed E-state index contributed by atoms with van der Waals surface area (Å²) in [5, 5.41) is 12.7. The summed E-state index contributed by atoms with van der Waals surface area (Å²) in [7, 11) is 0. The monoisotopic (exact) mass is 221 g/mol. The van der Waals surface area contributed by atoms with E-state index in [1.54, 1.807) is 6.92 Å². The van der Waals surface area contributed by atoms with Gasteiger partial charge in [-0.1, -0.05) is 5.16 Å². The minimum Gasteiger partial charge on any atom is -0.361 e. The molecule has 0 aliphatic carbocycles. The Morgan fingerprint density at radius 2 is 2.50 bits per heavy atom. The first-order valence-corrected chi connectivity index (χ1v) is 4.81. The van der Waals surface area contributed by atoms with E-state index in [1.165, 1.54) is 12.5 Å². The minimum atomic E-state index is -0.196. The van der Waals surface area contributed by atoms with Gasteiger partial charge in [0.2, 0.25) is 0 Å². The molecule has 0 fully saturated rings. The van der Waals surface area contributed by atoms with Gasteiger partial charge >= 0.3 is 0 Å². The molecule has 0 spiro atoms. The number of carbonyl (C=O) groups excluding carboxylic acids is 1. The van der Waals surface area contributed by atoms with E-state index in [1.807, 2.05) is 0 Å². The van der Waals surface area contributed by atoms with Crippen LogP contribution in [0.4, 0.5) is 0 Å². The molecule has 0 unspecified atom stereocenters. The van der Waals surface area contributed by atoms with E-state index in [0.29, 0.717) is 24.3 Å². The number of rotatable bonds is 4. The summed E-state index contributed by atoms with van der Waals surface area (Å²) in [4.78, 5) is 15.5. The second kappa shape index (κ2) is 4.56. The molecule has 0 saturated heterocycles. The maximum absolute atomic E-state index is 11.6. The van der Waals surface area contributed by atoms with Crippen molar-refractivity contribution in [1.29, 1.82) is 0 Å². The summed E-state index contributed by atoms with van der Waals surface area (Å²) in [6.07, 6.45) is 3.44. The second-order valence-electron chi connectivity index (χ2n) is 3.23. The van der Waals surface area contributed by atoms with E-state index in [0.717, 1.165) is 5.82 Å². The highest BCUT2D eigenvalue weighted by molar-refractivity contribution is 5.94. The molecule has 0 aromatic carbocycles. The molecule has 2 aromatic rings. The van der Waals surface area contributed by atoms with Crippen molar-refractivity contribution in [3.05, 3.63) is 29.7 Å². The molecule has 0 aliphatic heterocycles. The van der Waals surface area contributed by atoms with Gasteiger partial charge in [0.1, 0.15) is 23.5 Å². The van der Waals surface area contributed by atoms with E-state index in [4.69, 9.17) is 4.52 Å².